The van der Waals surface area contributed by atoms with Crippen molar-refractivity contribution >= 4 is 17.3 Å². The fourth-order valence-corrected chi connectivity index (χ4v) is 1.90. The molecule has 106 valence electrons. The van der Waals surface area contributed by atoms with Crippen LogP contribution in [0.5, 0.6) is 0 Å². The number of nitrogens with one attached hydrogen (secondary N) is 2. The van der Waals surface area contributed by atoms with Crippen LogP contribution in [0.2, 0.25) is 0 Å². The lowest BCUT2D eigenvalue weighted by molar-refractivity contribution is 0.867. The fourth-order valence-electron chi connectivity index (χ4n) is 1.90. The van der Waals surface area contributed by atoms with Gasteiger partial charge in [-0.2, -0.15) is 0 Å². The highest BCUT2D eigenvalue weighted by Crippen LogP contribution is 2.20. The summed E-state index contributed by atoms with van der Waals surface area (Å²) in [6.07, 6.45) is 1.57. The summed E-state index contributed by atoms with van der Waals surface area (Å²) in [5.41, 5.74) is 2.36. The highest BCUT2D eigenvalue weighted by Gasteiger charge is 2.02. The van der Waals surface area contributed by atoms with E-state index in [0.29, 0.717) is 12.0 Å². The second-order valence-corrected chi connectivity index (χ2v) is 5.49. The second-order valence-electron chi connectivity index (χ2n) is 5.49. The molecular weight excluding hydrogens is 248 g/mol. The average molecular weight is 270 g/mol. The monoisotopic (exact) mass is 270 g/mol. The van der Waals surface area contributed by atoms with Gasteiger partial charge in [0.05, 0.1) is 0 Å². The molecule has 0 saturated heterocycles. The van der Waals surface area contributed by atoms with E-state index in [-0.39, 0.29) is 0 Å². The van der Waals surface area contributed by atoms with E-state index in [2.05, 4.69) is 72.6 Å². The quantitative estimate of drug-likeness (QED) is 0.856. The molecule has 0 aliphatic carbocycles. The van der Waals surface area contributed by atoms with Gasteiger partial charge in [-0.1, -0.05) is 26.0 Å². The van der Waals surface area contributed by atoms with Crippen molar-refractivity contribution in [2.45, 2.75) is 39.7 Å². The maximum atomic E-state index is 4.24. The van der Waals surface area contributed by atoms with Gasteiger partial charge in [0.25, 0.3) is 0 Å². The van der Waals surface area contributed by atoms with Crippen LogP contribution >= 0.6 is 0 Å². The summed E-state index contributed by atoms with van der Waals surface area (Å²) in [5.74, 6) is 2.17. The van der Waals surface area contributed by atoms with Gasteiger partial charge in [0.1, 0.15) is 18.0 Å². The van der Waals surface area contributed by atoms with Gasteiger partial charge in [-0.15, -0.1) is 0 Å². The maximum absolute atomic E-state index is 4.24. The average Bonchev–Trinajstić information content (AvgIpc) is 2.39. The molecule has 1 aromatic carbocycles. The topological polar surface area (TPSA) is 49.8 Å². The van der Waals surface area contributed by atoms with Crippen molar-refractivity contribution in [3.8, 4) is 0 Å². The Bertz CT molecular complexity index is 547. The number of nitrogens with zero attached hydrogens (tertiary/aromatic N) is 2. The van der Waals surface area contributed by atoms with Crippen LogP contribution in [0.1, 0.15) is 39.2 Å². The smallest absolute Gasteiger partial charge is 0.135 e. The summed E-state index contributed by atoms with van der Waals surface area (Å²) in [7, 11) is 0. The number of anilines is 3. The molecule has 0 amide bonds. The van der Waals surface area contributed by atoms with Crippen molar-refractivity contribution < 1.29 is 0 Å². The Morgan fingerprint density at radius 3 is 2.15 bits per heavy atom. The summed E-state index contributed by atoms with van der Waals surface area (Å²) >= 11 is 0. The first-order valence-electron chi connectivity index (χ1n) is 7.00. The molecule has 20 heavy (non-hydrogen) atoms. The lowest BCUT2D eigenvalue weighted by Crippen LogP contribution is -2.11. The Morgan fingerprint density at radius 2 is 1.55 bits per heavy atom. The van der Waals surface area contributed by atoms with Crippen molar-refractivity contribution in [1.82, 2.24) is 9.97 Å². The third-order valence-electron chi connectivity index (χ3n) is 2.95. The highest BCUT2D eigenvalue weighted by atomic mass is 15.1. The Kier molecular flexibility index (Phi) is 4.56. The van der Waals surface area contributed by atoms with Crippen LogP contribution in [0.25, 0.3) is 0 Å². The van der Waals surface area contributed by atoms with E-state index >= 15 is 0 Å². The van der Waals surface area contributed by atoms with Crippen LogP contribution in [0.3, 0.4) is 0 Å². The zero-order chi connectivity index (χ0) is 14.5. The maximum Gasteiger partial charge on any atom is 0.135 e. The lowest BCUT2D eigenvalue weighted by atomic mass is 10.0. The zero-order valence-electron chi connectivity index (χ0n) is 12.5. The van der Waals surface area contributed by atoms with Gasteiger partial charge in [-0.3, -0.25) is 0 Å². The third kappa shape index (κ3) is 3.95. The van der Waals surface area contributed by atoms with Crippen molar-refractivity contribution in [2.75, 3.05) is 10.6 Å². The van der Waals surface area contributed by atoms with Crippen molar-refractivity contribution in [2.24, 2.45) is 0 Å². The van der Waals surface area contributed by atoms with Gasteiger partial charge >= 0.3 is 0 Å². The molecule has 0 aliphatic rings. The highest BCUT2D eigenvalue weighted by molar-refractivity contribution is 5.59. The van der Waals surface area contributed by atoms with Crippen LogP contribution in [0.4, 0.5) is 17.3 Å². The van der Waals surface area contributed by atoms with Crippen molar-refractivity contribution in [3.05, 3.63) is 42.2 Å². The minimum atomic E-state index is 0.350. The van der Waals surface area contributed by atoms with Crippen LogP contribution in [0.15, 0.2) is 36.7 Å². The molecule has 0 radical (unpaired) electrons. The summed E-state index contributed by atoms with van der Waals surface area (Å²) in [4.78, 5) is 8.43. The Hall–Kier alpha value is -2.10. The van der Waals surface area contributed by atoms with Gasteiger partial charge < -0.3 is 10.6 Å². The zero-order valence-corrected chi connectivity index (χ0v) is 12.5. The van der Waals surface area contributed by atoms with Crippen LogP contribution in [-0.2, 0) is 0 Å². The van der Waals surface area contributed by atoms with Crippen LogP contribution < -0.4 is 10.6 Å². The van der Waals surface area contributed by atoms with E-state index in [1.54, 1.807) is 6.33 Å². The first-order valence-corrected chi connectivity index (χ1v) is 7.00. The molecule has 4 heteroatoms. The summed E-state index contributed by atoms with van der Waals surface area (Å²) in [6.45, 7) is 8.55. The standard InChI is InChI=1S/C16H22N4/c1-11(2)13-5-7-14(8-6-13)20-16-9-15(17-10-18-16)19-12(3)4/h5-12H,1-4H3,(H2,17,18,19,20). The van der Waals surface area contributed by atoms with E-state index in [1.165, 1.54) is 5.56 Å². The Morgan fingerprint density at radius 1 is 0.900 bits per heavy atom. The first kappa shape index (κ1) is 14.3. The molecule has 2 aromatic rings. The Balaban J connectivity index is 2.09. The molecule has 0 atom stereocenters. The molecule has 0 aliphatic heterocycles. The van der Waals surface area contributed by atoms with E-state index in [9.17, 15) is 0 Å². The molecule has 2 rings (SSSR count). The number of benzene rings is 1. The molecule has 2 N–H and O–H groups in total. The van der Waals surface area contributed by atoms with E-state index in [1.807, 2.05) is 6.07 Å². The molecule has 1 heterocycles. The molecule has 0 spiro atoms. The fraction of sp³-hybridized carbons (Fsp3) is 0.375. The van der Waals surface area contributed by atoms with Gasteiger partial charge in [0.2, 0.25) is 0 Å². The number of aromatic nitrogens is 2. The lowest BCUT2D eigenvalue weighted by Gasteiger charge is -2.11. The summed E-state index contributed by atoms with van der Waals surface area (Å²) < 4.78 is 0. The van der Waals surface area contributed by atoms with Crippen LogP contribution in [0, 0.1) is 0 Å². The van der Waals surface area contributed by atoms with Gasteiger partial charge in [0.15, 0.2) is 0 Å². The van der Waals surface area contributed by atoms with Gasteiger partial charge in [0, 0.05) is 17.8 Å². The SMILES string of the molecule is CC(C)Nc1cc(Nc2ccc(C(C)C)cc2)ncn1. The molecule has 0 bridgehead atoms. The van der Waals surface area contributed by atoms with E-state index in [4.69, 9.17) is 0 Å². The van der Waals surface area contributed by atoms with Crippen LogP contribution in [-0.4, -0.2) is 16.0 Å². The molecule has 4 nitrogen and oxygen atoms in total. The third-order valence-corrected chi connectivity index (χ3v) is 2.95. The number of rotatable bonds is 5. The minimum Gasteiger partial charge on any atom is -0.368 e. The van der Waals surface area contributed by atoms with E-state index in [0.717, 1.165) is 17.3 Å². The number of hydrogen-bond acceptors (Lipinski definition) is 4. The van der Waals surface area contributed by atoms with Crippen molar-refractivity contribution in [1.29, 1.82) is 0 Å². The normalized spacial score (nSPS) is 10.9. The molecule has 0 unspecified atom stereocenters. The molecular formula is C16H22N4. The minimum absolute atomic E-state index is 0.350. The first-order chi connectivity index (χ1) is 9.54. The second kappa shape index (κ2) is 6.37. The Labute approximate surface area is 120 Å². The van der Waals surface area contributed by atoms with Gasteiger partial charge in [-0.05, 0) is 37.5 Å². The summed E-state index contributed by atoms with van der Waals surface area (Å²) in [5, 5.41) is 6.56. The van der Waals surface area contributed by atoms with Crippen molar-refractivity contribution in [3.63, 3.8) is 0 Å². The molecule has 0 fully saturated rings. The summed E-state index contributed by atoms with van der Waals surface area (Å²) in [6, 6.07) is 10.7. The van der Waals surface area contributed by atoms with E-state index < -0.39 is 0 Å². The van der Waals surface area contributed by atoms with Gasteiger partial charge in [-0.25, -0.2) is 9.97 Å². The molecule has 1 aromatic heterocycles. The number of hydrogen-bond donors (Lipinski definition) is 2. The predicted molar refractivity (Wildman–Crippen MR) is 84.6 cm³/mol. The molecule has 0 saturated carbocycles. The predicted octanol–water partition coefficient (Wildman–Crippen LogP) is 4.16. The largest absolute Gasteiger partial charge is 0.368 e.